The van der Waals surface area contributed by atoms with Gasteiger partial charge < -0.3 is 11.1 Å². The number of nitrogens with one attached hydrogen (secondary N) is 1. The van der Waals surface area contributed by atoms with E-state index in [9.17, 15) is 4.79 Å². The zero-order chi connectivity index (χ0) is 13.4. The number of aromatic nitrogens is 1. The van der Waals surface area contributed by atoms with Crippen molar-refractivity contribution in [3.8, 4) is 0 Å². The first-order valence-electron chi connectivity index (χ1n) is 7.17. The van der Waals surface area contributed by atoms with E-state index in [1.165, 1.54) is 25.7 Å². The van der Waals surface area contributed by atoms with Crippen LogP contribution in [0.1, 0.15) is 43.1 Å². The Morgan fingerprint density at radius 2 is 2.26 bits per heavy atom. The molecule has 0 aromatic carbocycles. The van der Waals surface area contributed by atoms with Crippen LogP contribution in [-0.4, -0.2) is 16.9 Å². The predicted molar refractivity (Wildman–Crippen MR) is 74.5 cm³/mol. The third-order valence-electron chi connectivity index (χ3n) is 4.80. The van der Waals surface area contributed by atoms with E-state index in [0.29, 0.717) is 17.4 Å². The second kappa shape index (κ2) is 4.83. The number of carbonyl (C=O) groups excluding carboxylic acids is 1. The molecule has 2 aliphatic rings. The maximum atomic E-state index is 12.1. The van der Waals surface area contributed by atoms with Crippen LogP contribution in [0.5, 0.6) is 0 Å². The number of anilines is 1. The Balaban J connectivity index is 1.63. The van der Waals surface area contributed by atoms with Gasteiger partial charge in [-0.25, -0.2) is 4.98 Å². The molecule has 4 atom stereocenters. The molecule has 1 amide bonds. The number of carbonyl (C=O) groups is 1. The van der Waals surface area contributed by atoms with Gasteiger partial charge in [0.15, 0.2) is 0 Å². The Hall–Kier alpha value is -1.58. The molecule has 0 aliphatic heterocycles. The van der Waals surface area contributed by atoms with Crippen molar-refractivity contribution in [3.05, 3.63) is 23.9 Å². The monoisotopic (exact) mass is 259 g/mol. The van der Waals surface area contributed by atoms with Crippen LogP contribution in [0.15, 0.2) is 18.2 Å². The molecule has 2 aliphatic carbocycles. The Kier molecular flexibility index (Phi) is 3.17. The quantitative estimate of drug-likeness (QED) is 0.874. The third kappa shape index (κ3) is 2.44. The smallest absolute Gasteiger partial charge is 0.270 e. The van der Waals surface area contributed by atoms with Crippen LogP contribution >= 0.6 is 0 Å². The fraction of sp³-hybridized carbons (Fsp3) is 0.600. The Labute approximate surface area is 113 Å². The summed E-state index contributed by atoms with van der Waals surface area (Å²) in [6.07, 6.45) is 5.36. The van der Waals surface area contributed by atoms with Crippen molar-refractivity contribution >= 4 is 11.7 Å². The van der Waals surface area contributed by atoms with E-state index in [1.54, 1.807) is 18.2 Å². The molecule has 1 aromatic rings. The number of nitrogen functional groups attached to an aromatic ring is 1. The maximum Gasteiger partial charge on any atom is 0.270 e. The summed E-state index contributed by atoms with van der Waals surface area (Å²) in [5.74, 6) is 2.64. The van der Waals surface area contributed by atoms with Gasteiger partial charge in [0.2, 0.25) is 0 Å². The van der Waals surface area contributed by atoms with Gasteiger partial charge in [-0.05, 0) is 56.1 Å². The normalized spacial score (nSPS) is 30.3. The molecule has 0 saturated heterocycles. The molecule has 4 unspecified atom stereocenters. The minimum absolute atomic E-state index is 0.109. The molecule has 2 saturated carbocycles. The van der Waals surface area contributed by atoms with E-state index in [2.05, 4.69) is 17.2 Å². The fourth-order valence-electron chi connectivity index (χ4n) is 3.87. The van der Waals surface area contributed by atoms with Crippen molar-refractivity contribution in [1.82, 2.24) is 10.3 Å². The van der Waals surface area contributed by atoms with Gasteiger partial charge >= 0.3 is 0 Å². The zero-order valence-corrected chi connectivity index (χ0v) is 11.3. The number of nitrogens with two attached hydrogens (primary N) is 1. The highest BCUT2D eigenvalue weighted by Crippen LogP contribution is 2.49. The summed E-state index contributed by atoms with van der Waals surface area (Å²) in [6, 6.07) is 5.39. The highest BCUT2D eigenvalue weighted by molar-refractivity contribution is 5.92. The van der Waals surface area contributed by atoms with Gasteiger partial charge in [0, 0.05) is 6.04 Å². The van der Waals surface area contributed by atoms with Crippen molar-refractivity contribution in [2.24, 2.45) is 17.8 Å². The van der Waals surface area contributed by atoms with Crippen LogP contribution in [0.25, 0.3) is 0 Å². The van der Waals surface area contributed by atoms with Crippen molar-refractivity contribution < 1.29 is 4.79 Å². The van der Waals surface area contributed by atoms with E-state index < -0.39 is 0 Å². The van der Waals surface area contributed by atoms with Crippen LogP contribution in [0, 0.1) is 17.8 Å². The van der Waals surface area contributed by atoms with Gasteiger partial charge in [-0.15, -0.1) is 0 Å². The third-order valence-corrected chi connectivity index (χ3v) is 4.80. The topological polar surface area (TPSA) is 68.0 Å². The molecule has 3 rings (SSSR count). The summed E-state index contributed by atoms with van der Waals surface area (Å²) in [5, 5.41) is 3.09. The lowest BCUT2D eigenvalue weighted by Crippen LogP contribution is -2.40. The van der Waals surface area contributed by atoms with E-state index in [1.807, 2.05) is 0 Å². The molecule has 2 bridgehead atoms. The second-order valence-electron chi connectivity index (χ2n) is 6.05. The standard InChI is InChI=1S/C15H21N3O/c1-9(12-8-10-5-6-11(12)7-10)17-15(19)13-3-2-4-14(16)18-13/h2-4,9-12H,5-8H2,1H3,(H2,16,18)(H,17,19). The van der Waals surface area contributed by atoms with E-state index in [-0.39, 0.29) is 11.9 Å². The van der Waals surface area contributed by atoms with Gasteiger partial charge in [-0.1, -0.05) is 12.5 Å². The largest absolute Gasteiger partial charge is 0.384 e. The van der Waals surface area contributed by atoms with E-state index >= 15 is 0 Å². The van der Waals surface area contributed by atoms with Crippen LogP contribution in [-0.2, 0) is 0 Å². The molecular weight excluding hydrogens is 238 g/mol. The van der Waals surface area contributed by atoms with Crippen LogP contribution in [0.4, 0.5) is 5.82 Å². The summed E-state index contributed by atoms with van der Waals surface area (Å²) in [6.45, 7) is 2.12. The van der Waals surface area contributed by atoms with Crippen LogP contribution in [0.2, 0.25) is 0 Å². The zero-order valence-electron chi connectivity index (χ0n) is 11.3. The molecule has 4 nitrogen and oxygen atoms in total. The van der Waals surface area contributed by atoms with Gasteiger partial charge in [0.1, 0.15) is 11.5 Å². The fourth-order valence-corrected chi connectivity index (χ4v) is 3.87. The predicted octanol–water partition coefficient (Wildman–Crippen LogP) is 2.22. The van der Waals surface area contributed by atoms with Gasteiger partial charge in [0.05, 0.1) is 0 Å². The minimum atomic E-state index is -0.109. The van der Waals surface area contributed by atoms with E-state index in [4.69, 9.17) is 5.73 Å². The highest BCUT2D eigenvalue weighted by atomic mass is 16.1. The number of rotatable bonds is 3. The summed E-state index contributed by atoms with van der Waals surface area (Å²) >= 11 is 0. The molecule has 19 heavy (non-hydrogen) atoms. The van der Waals surface area contributed by atoms with Gasteiger partial charge in [-0.3, -0.25) is 4.79 Å². The number of hydrogen-bond acceptors (Lipinski definition) is 3. The summed E-state index contributed by atoms with van der Waals surface area (Å²) in [5.41, 5.74) is 6.02. The molecule has 0 radical (unpaired) electrons. The van der Waals surface area contributed by atoms with Crippen molar-refractivity contribution in [2.75, 3.05) is 5.73 Å². The lowest BCUT2D eigenvalue weighted by Gasteiger charge is -2.28. The molecule has 0 spiro atoms. The molecule has 2 fully saturated rings. The summed E-state index contributed by atoms with van der Waals surface area (Å²) in [7, 11) is 0. The first-order chi connectivity index (χ1) is 9.13. The Morgan fingerprint density at radius 3 is 2.89 bits per heavy atom. The summed E-state index contributed by atoms with van der Waals surface area (Å²) < 4.78 is 0. The number of nitrogens with zero attached hydrogens (tertiary/aromatic N) is 1. The summed E-state index contributed by atoms with van der Waals surface area (Å²) in [4.78, 5) is 16.2. The number of fused-ring (bicyclic) bond motifs is 2. The van der Waals surface area contributed by atoms with E-state index in [0.717, 1.165) is 11.8 Å². The molecule has 1 heterocycles. The Bertz CT molecular complexity index is 488. The lowest BCUT2D eigenvalue weighted by molar-refractivity contribution is 0.0910. The van der Waals surface area contributed by atoms with Crippen molar-refractivity contribution in [2.45, 2.75) is 38.6 Å². The molecule has 4 heteroatoms. The number of hydrogen-bond donors (Lipinski definition) is 2. The van der Waals surface area contributed by atoms with Crippen LogP contribution < -0.4 is 11.1 Å². The average Bonchev–Trinajstić information content (AvgIpc) is 3.00. The van der Waals surface area contributed by atoms with Gasteiger partial charge in [0.25, 0.3) is 5.91 Å². The number of pyridine rings is 1. The minimum Gasteiger partial charge on any atom is -0.384 e. The molecule has 3 N–H and O–H groups in total. The second-order valence-corrected chi connectivity index (χ2v) is 6.05. The van der Waals surface area contributed by atoms with Crippen molar-refractivity contribution in [1.29, 1.82) is 0 Å². The first kappa shape index (κ1) is 12.5. The molecule has 1 aromatic heterocycles. The maximum absolute atomic E-state index is 12.1. The highest BCUT2D eigenvalue weighted by Gasteiger charge is 2.42. The van der Waals surface area contributed by atoms with Crippen LogP contribution in [0.3, 0.4) is 0 Å². The number of amides is 1. The first-order valence-corrected chi connectivity index (χ1v) is 7.17. The SMILES string of the molecule is CC(NC(=O)c1cccc(N)n1)C1CC2CCC1C2. The Morgan fingerprint density at radius 1 is 1.42 bits per heavy atom. The van der Waals surface area contributed by atoms with Crippen molar-refractivity contribution in [3.63, 3.8) is 0 Å². The molecule has 102 valence electrons. The molecular formula is C15H21N3O. The average molecular weight is 259 g/mol. The lowest BCUT2D eigenvalue weighted by atomic mass is 9.84. The van der Waals surface area contributed by atoms with Gasteiger partial charge in [-0.2, -0.15) is 0 Å².